The van der Waals surface area contributed by atoms with Gasteiger partial charge in [0.25, 0.3) is 0 Å². The number of hydrogen-bond donors (Lipinski definition) is 1. The number of nitrogens with zero attached hydrogens (tertiary/aromatic N) is 1. The normalized spacial score (nSPS) is 32.4. The summed E-state index contributed by atoms with van der Waals surface area (Å²) in [6, 6.07) is 0. The van der Waals surface area contributed by atoms with E-state index in [1.807, 2.05) is 0 Å². The van der Waals surface area contributed by atoms with E-state index in [4.69, 9.17) is 0 Å². The number of amides is 1. The van der Waals surface area contributed by atoms with E-state index in [-0.39, 0.29) is 78.4 Å². The van der Waals surface area contributed by atoms with E-state index in [0.29, 0.717) is 17.8 Å². The van der Waals surface area contributed by atoms with Crippen LogP contribution in [0.3, 0.4) is 0 Å². The van der Waals surface area contributed by atoms with Crippen LogP contribution in [0.25, 0.3) is 6.15 Å². The van der Waals surface area contributed by atoms with E-state index in [1.165, 1.54) is 0 Å². The SMILES string of the molecule is [CH2-]N1C(C)(C)[C@@H]2C(CN[C-]=O)[C@@H]2C1(C)C.[CH3-].[NH2-].[W+2].[Y]. The minimum absolute atomic E-state index is 0. The Balaban J connectivity index is -0.000000640. The van der Waals surface area contributed by atoms with Crippen LogP contribution in [-0.4, -0.2) is 28.9 Å². The molecule has 6 heteroatoms. The van der Waals surface area contributed by atoms with E-state index < -0.39 is 0 Å². The van der Waals surface area contributed by atoms with Crippen molar-refractivity contribution in [1.29, 1.82) is 0 Å². The minimum atomic E-state index is 0. The maximum atomic E-state index is 10.2. The number of likely N-dealkylation sites (tertiary alicyclic amines) is 1. The molecule has 1 aliphatic heterocycles. The quantitative estimate of drug-likeness (QED) is 0.467. The van der Waals surface area contributed by atoms with E-state index in [9.17, 15) is 4.79 Å². The van der Waals surface area contributed by atoms with E-state index in [0.717, 1.165) is 6.54 Å². The Morgan fingerprint density at radius 1 is 1.21 bits per heavy atom. The molecule has 1 amide bonds. The molecule has 0 aromatic heterocycles. The number of carbonyl (C=O) groups excluding carboxylic acids is 1. The van der Waals surface area contributed by atoms with Gasteiger partial charge in [0.05, 0.1) is 0 Å². The summed E-state index contributed by atoms with van der Waals surface area (Å²) in [6.07, 6.45) is 1.77. The topological polar surface area (TPSA) is 65.8 Å². The summed E-state index contributed by atoms with van der Waals surface area (Å²) in [4.78, 5) is 12.4. The number of fused-ring (bicyclic) bond motifs is 1. The molecule has 0 bridgehead atoms. The molecule has 1 saturated heterocycles. The predicted molar refractivity (Wildman–Crippen MR) is 71.2 cm³/mol. The third-order valence-corrected chi connectivity index (χ3v) is 4.60. The summed E-state index contributed by atoms with van der Waals surface area (Å²) < 4.78 is 0. The molecule has 1 heterocycles. The minimum Gasteiger partial charge on any atom is -0.693 e. The summed E-state index contributed by atoms with van der Waals surface area (Å²) in [5, 5.41) is 2.68. The predicted octanol–water partition coefficient (Wildman–Crippen LogP) is 2.33. The monoisotopic (exact) mass is 512 g/mol. The smallest absolute Gasteiger partial charge is 0.693 e. The molecule has 19 heavy (non-hydrogen) atoms. The van der Waals surface area contributed by atoms with Crippen LogP contribution in [0.4, 0.5) is 0 Å². The molecule has 1 saturated carbocycles. The van der Waals surface area contributed by atoms with Crippen molar-refractivity contribution < 1.29 is 58.6 Å². The van der Waals surface area contributed by atoms with Gasteiger partial charge in [-0.15, -0.1) is 0 Å². The van der Waals surface area contributed by atoms with E-state index in [2.05, 4.69) is 45.0 Å². The average Bonchev–Trinajstić information content (AvgIpc) is 2.85. The van der Waals surface area contributed by atoms with Gasteiger partial charge in [-0.1, -0.05) is 0 Å². The molecular formula is C13H25N3OWY-2. The first-order chi connectivity index (χ1) is 6.85. The average molecular weight is 512 g/mol. The first-order valence-electron chi connectivity index (χ1n) is 5.56. The molecule has 1 radical (unpaired) electrons. The molecule has 0 aromatic rings. The number of piperidine rings is 1. The van der Waals surface area contributed by atoms with Gasteiger partial charge >= 0.3 is 21.1 Å². The van der Waals surface area contributed by atoms with Crippen LogP contribution < -0.4 is 5.32 Å². The number of nitrogens with one attached hydrogen (secondary N) is 1. The van der Waals surface area contributed by atoms with Gasteiger partial charge in [0, 0.05) is 32.7 Å². The first kappa shape index (κ1) is 25.2. The maximum Gasteiger partial charge on any atom is 2.00 e. The van der Waals surface area contributed by atoms with Gasteiger partial charge < -0.3 is 28.6 Å². The second kappa shape index (κ2) is 7.98. The Morgan fingerprint density at radius 2 is 1.58 bits per heavy atom. The van der Waals surface area contributed by atoms with Crippen molar-refractivity contribution in [2.75, 3.05) is 6.54 Å². The molecule has 2 aliphatic rings. The Bertz CT molecular complexity index is 278. The zero-order chi connectivity index (χ0) is 11.4. The summed E-state index contributed by atoms with van der Waals surface area (Å²) in [7, 11) is 4.17. The fourth-order valence-electron chi connectivity index (χ4n) is 3.82. The molecule has 2 rings (SSSR count). The third kappa shape index (κ3) is 3.69. The molecule has 0 spiro atoms. The maximum absolute atomic E-state index is 10.2. The van der Waals surface area contributed by atoms with Crippen molar-refractivity contribution >= 4 is 6.41 Å². The van der Waals surface area contributed by atoms with Gasteiger partial charge in [-0.2, -0.15) is 6.41 Å². The second-order valence-electron chi connectivity index (χ2n) is 5.93. The molecule has 2 fully saturated rings. The summed E-state index contributed by atoms with van der Waals surface area (Å²) >= 11 is 0. The summed E-state index contributed by atoms with van der Waals surface area (Å²) in [5.41, 5.74) is 0.285. The molecule has 1 unspecified atom stereocenters. The van der Waals surface area contributed by atoms with Crippen molar-refractivity contribution in [2.45, 2.75) is 38.8 Å². The van der Waals surface area contributed by atoms with Crippen LogP contribution in [0.1, 0.15) is 27.7 Å². The standard InChI is InChI=1S/C12H20N2O.CH3.H2N.W.Y/c1-11(2)9-8(6-13-7-15)10(9)12(3,4)14(11)5;;;;/h8-10H,5-6H2,1-4H3,(H,13,15);1H3;1H2;;/q-2;2*-1;+2;/t8?,9-,10+;;;;. The van der Waals surface area contributed by atoms with Gasteiger partial charge in [-0.25, -0.2) is 0 Å². The first-order valence-corrected chi connectivity index (χ1v) is 5.56. The molecule has 0 aromatic carbocycles. The van der Waals surface area contributed by atoms with Crippen LogP contribution in [0.2, 0.25) is 0 Å². The zero-order valence-corrected chi connectivity index (χ0v) is 18.3. The van der Waals surface area contributed by atoms with E-state index in [1.54, 1.807) is 6.41 Å². The van der Waals surface area contributed by atoms with Gasteiger partial charge in [0.15, 0.2) is 0 Å². The molecule has 1 aliphatic carbocycles. The molecule has 3 atom stereocenters. The van der Waals surface area contributed by atoms with E-state index >= 15 is 0 Å². The Kier molecular flexibility index (Phi) is 10.6. The van der Waals surface area contributed by atoms with Crippen molar-refractivity contribution in [3.8, 4) is 0 Å². The molecule has 4 nitrogen and oxygen atoms in total. The van der Waals surface area contributed by atoms with Crippen LogP contribution in [0.5, 0.6) is 0 Å². The Morgan fingerprint density at radius 3 is 1.89 bits per heavy atom. The van der Waals surface area contributed by atoms with Gasteiger partial charge in [-0.3, -0.25) is 7.05 Å². The number of nitrogens with two attached hydrogens (primary N) is 1. The molecule has 109 valence electrons. The van der Waals surface area contributed by atoms with Gasteiger partial charge in [0.2, 0.25) is 0 Å². The largest absolute Gasteiger partial charge is 2.00 e. The summed E-state index contributed by atoms with van der Waals surface area (Å²) in [5.74, 6) is 1.92. The van der Waals surface area contributed by atoms with Crippen LogP contribution in [-0.2, 0) is 58.6 Å². The fraction of sp³-hybridized carbons (Fsp3) is 0.769. The van der Waals surface area contributed by atoms with Crippen molar-refractivity contribution in [3.63, 3.8) is 0 Å². The van der Waals surface area contributed by atoms with Crippen molar-refractivity contribution in [1.82, 2.24) is 10.2 Å². The summed E-state index contributed by atoms with van der Waals surface area (Å²) in [6.45, 7) is 9.75. The number of rotatable bonds is 3. The fourth-order valence-corrected chi connectivity index (χ4v) is 3.82. The van der Waals surface area contributed by atoms with Crippen molar-refractivity contribution in [2.24, 2.45) is 17.8 Å². The van der Waals surface area contributed by atoms with Gasteiger partial charge in [-0.05, 0) is 63.1 Å². The zero-order valence-electron chi connectivity index (χ0n) is 12.6. The van der Waals surface area contributed by atoms with Crippen LogP contribution >= 0.6 is 0 Å². The Hall–Kier alpha value is 1.18. The number of hydrogen-bond acceptors (Lipinski definition) is 2. The van der Waals surface area contributed by atoms with Crippen LogP contribution in [0.15, 0.2) is 0 Å². The van der Waals surface area contributed by atoms with Crippen molar-refractivity contribution in [3.05, 3.63) is 20.6 Å². The molecule has 3 N–H and O–H groups in total. The van der Waals surface area contributed by atoms with Crippen LogP contribution in [0, 0.1) is 32.2 Å². The Labute approximate surface area is 157 Å². The van der Waals surface area contributed by atoms with Gasteiger partial charge in [0.1, 0.15) is 0 Å². The third-order valence-electron chi connectivity index (χ3n) is 4.60. The molecular weight excluding hydrogens is 487 g/mol. The second-order valence-corrected chi connectivity index (χ2v) is 5.93.